The van der Waals surface area contributed by atoms with Gasteiger partial charge in [0.2, 0.25) is 0 Å². The molecule has 0 aromatic heterocycles. The molecule has 1 saturated heterocycles. The summed E-state index contributed by atoms with van der Waals surface area (Å²) in [6.45, 7) is 2.25. The summed E-state index contributed by atoms with van der Waals surface area (Å²) in [5.41, 5.74) is 0. The molecule has 0 aromatic carbocycles. The van der Waals surface area contributed by atoms with E-state index in [2.05, 4.69) is 5.32 Å². The molecule has 1 aliphatic heterocycles. The van der Waals surface area contributed by atoms with Gasteiger partial charge in [-0.25, -0.2) is 0 Å². The summed E-state index contributed by atoms with van der Waals surface area (Å²) in [7, 11) is -4.67. The first-order valence-electron chi connectivity index (χ1n) is 3.33. The standard InChI is InChI=1S/C5H10N.H2N.H2O4S.2H2O.Pt/c1-2-4-6-5-3-1;;1-5(2,3)4;;;/h1-5H2;1H2;(H2,1,2,3,4);2*1H2;/q2*-1;;;;+2. The fraction of sp³-hybridized carbons (Fsp3) is 1.00. The van der Waals surface area contributed by atoms with Gasteiger partial charge in [-0.1, -0.05) is 19.3 Å². The first kappa shape index (κ1) is 29.5. The molecule has 8 N–H and O–H groups in total. The molecule has 1 aliphatic rings. The van der Waals surface area contributed by atoms with E-state index in [0.717, 1.165) is 13.1 Å². The van der Waals surface area contributed by atoms with E-state index >= 15 is 0 Å². The van der Waals surface area contributed by atoms with Gasteiger partial charge in [0.05, 0.1) is 0 Å². The number of piperidine rings is 1. The number of hydrogen-bond donors (Lipinski definition) is 2. The van der Waals surface area contributed by atoms with Crippen LogP contribution in [0, 0.1) is 0 Å². The molecule has 0 atom stereocenters. The Morgan fingerprint density at radius 1 is 0.933 bits per heavy atom. The molecule has 15 heavy (non-hydrogen) atoms. The average Bonchev–Trinajstić information content (AvgIpc) is 1.88. The van der Waals surface area contributed by atoms with Crippen LogP contribution in [0.3, 0.4) is 0 Å². The van der Waals surface area contributed by atoms with E-state index in [9.17, 15) is 0 Å². The molecule has 100 valence electrons. The van der Waals surface area contributed by atoms with Gasteiger partial charge >= 0.3 is 31.5 Å². The molecule has 1 heterocycles. The first-order valence-corrected chi connectivity index (χ1v) is 4.73. The van der Waals surface area contributed by atoms with E-state index in [4.69, 9.17) is 17.5 Å². The van der Waals surface area contributed by atoms with Crippen molar-refractivity contribution in [2.45, 2.75) is 19.3 Å². The van der Waals surface area contributed by atoms with Crippen LogP contribution < -0.4 is 0 Å². The van der Waals surface area contributed by atoms with Gasteiger partial charge in [0.25, 0.3) is 0 Å². The molecular formula is C5H18N2O6PtS. The van der Waals surface area contributed by atoms with Crippen molar-refractivity contribution in [2.75, 3.05) is 13.1 Å². The maximum Gasteiger partial charge on any atom is 2.00 e. The molecule has 0 spiro atoms. The fourth-order valence-electron chi connectivity index (χ4n) is 0.736. The Morgan fingerprint density at radius 3 is 1.27 bits per heavy atom. The monoisotopic (exact) mass is 429 g/mol. The minimum absolute atomic E-state index is 0. The van der Waals surface area contributed by atoms with Crippen LogP contribution in [0.4, 0.5) is 0 Å². The first-order chi connectivity index (χ1) is 5.00. The summed E-state index contributed by atoms with van der Waals surface area (Å²) in [5.74, 6) is 0. The second kappa shape index (κ2) is 16.8. The summed E-state index contributed by atoms with van der Waals surface area (Å²) < 4.78 is 31.6. The van der Waals surface area contributed by atoms with E-state index in [1.54, 1.807) is 0 Å². The van der Waals surface area contributed by atoms with Crippen molar-refractivity contribution in [3.05, 3.63) is 11.5 Å². The molecule has 1 rings (SSSR count). The minimum atomic E-state index is -4.67. The van der Waals surface area contributed by atoms with Crippen molar-refractivity contribution in [1.29, 1.82) is 0 Å². The van der Waals surface area contributed by atoms with Crippen LogP contribution in [0.1, 0.15) is 19.3 Å². The maximum atomic E-state index is 8.74. The smallest absolute Gasteiger partial charge is 0.693 e. The van der Waals surface area contributed by atoms with Gasteiger partial charge in [0.15, 0.2) is 0 Å². The van der Waals surface area contributed by atoms with Crippen molar-refractivity contribution in [3.8, 4) is 0 Å². The van der Waals surface area contributed by atoms with Crippen molar-refractivity contribution in [2.24, 2.45) is 0 Å². The molecule has 0 aromatic rings. The largest absolute Gasteiger partial charge is 2.00 e. The molecule has 10 heteroatoms. The SMILES string of the molecule is C1CC[N-]CC1.O.O.O=S(=O)(O)O.[NH2-].[Pt+2]. The fourth-order valence-corrected chi connectivity index (χ4v) is 0.736. The molecule has 0 unspecified atom stereocenters. The van der Waals surface area contributed by atoms with Gasteiger partial charge in [-0.2, -0.15) is 8.42 Å². The molecule has 0 aliphatic carbocycles. The van der Waals surface area contributed by atoms with Crippen LogP contribution in [-0.2, 0) is 31.5 Å². The number of nitrogens with zero attached hydrogens (tertiary/aromatic N) is 1. The topological polar surface area (TPSA) is 185 Å². The Morgan fingerprint density at radius 2 is 1.20 bits per heavy atom. The van der Waals surface area contributed by atoms with Crippen LogP contribution in [-0.4, -0.2) is 41.6 Å². The number of rotatable bonds is 0. The van der Waals surface area contributed by atoms with Gasteiger partial charge in [0.1, 0.15) is 0 Å². The van der Waals surface area contributed by atoms with Crippen molar-refractivity contribution >= 4 is 10.4 Å². The van der Waals surface area contributed by atoms with E-state index < -0.39 is 10.4 Å². The van der Waals surface area contributed by atoms with Crippen LogP contribution in [0.2, 0.25) is 0 Å². The van der Waals surface area contributed by atoms with Crippen LogP contribution in [0.5, 0.6) is 0 Å². The second-order valence-electron chi connectivity index (χ2n) is 2.18. The predicted molar refractivity (Wildman–Crippen MR) is 53.6 cm³/mol. The number of hydrogen-bond acceptors (Lipinski definition) is 2. The van der Waals surface area contributed by atoms with Crippen LogP contribution >= 0.6 is 0 Å². The van der Waals surface area contributed by atoms with Crippen molar-refractivity contribution < 1.29 is 49.5 Å². The minimum Gasteiger partial charge on any atom is -0.693 e. The summed E-state index contributed by atoms with van der Waals surface area (Å²) in [6.07, 6.45) is 4.07. The summed E-state index contributed by atoms with van der Waals surface area (Å²) in [6, 6.07) is 0. The zero-order valence-corrected chi connectivity index (χ0v) is 11.1. The molecule has 0 saturated carbocycles. The van der Waals surface area contributed by atoms with Crippen molar-refractivity contribution in [1.82, 2.24) is 0 Å². The zero-order valence-electron chi connectivity index (χ0n) is 8.00. The number of nitrogens with two attached hydrogens (primary N) is 1. The third-order valence-corrected chi connectivity index (χ3v) is 1.13. The molecule has 0 radical (unpaired) electrons. The third-order valence-electron chi connectivity index (χ3n) is 1.13. The Hall–Kier alpha value is 0.398. The molecule has 8 nitrogen and oxygen atoms in total. The quantitative estimate of drug-likeness (QED) is 0.512. The molecule has 0 bridgehead atoms. The predicted octanol–water partition coefficient (Wildman–Crippen LogP) is -0.0436. The van der Waals surface area contributed by atoms with Gasteiger partial charge in [-0.3, -0.25) is 9.11 Å². The van der Waals surface area contributed by atoms with Crippen molar-refractivity contribution in [3.63, 3.8) is 0 Å². The maximum absolute atomic E-state index is 8.74. The van der Waals surface area contributed by atoms with Gasteiger partial charge in [-0.15, -0.1) is 13.1 Å². The summed E-state index contributed by atoms with van der Waals surface area (Å²) >= 11 is 0. The summed E-state index contributed by atoms with van der Waals surface area (Å²) in [4.78, 5) is 0. The van der Waals surface area contributed by atoms with Crippen LogP contribution in [0.25, 0.3) is 11.5 Å². The normalized spacial score (nSPS) is 13.5. The van der Waals surface area contributed by atoms with Crippen LogP contribution in [0.15, 0.2) is 0 Å². The van der Waals surface area contributed by atoms with E-state index in [0.29, 0.717) is 0 Å². The van der Waals surface area contributed by atoms with Gasteiger partial charge in [0, 0.05) is 0 Å². The summed E-state index contributed by atoms with van der Waals surface area (Å²) in [5, 5.41) is 4.18. The Balaban J connectivity index is -0.0000000356. The van der Waals surface area contributed by atoms with E-state index in [-0.39, 0.29) is 38.2 Å². The molecule has 0 amide bonds. The van der Waals surface area contributed by atoms with Gasteiger partial charge < -0.3 is 22.4 Å². The average molecular weight is 429 g/mol. The van der Waals surface area contributed by atoms with Gasteiger partial charge in [-0.05, 0) is 0 Å². The third kappa shape index (κ3) is 54.1. The molecule has 1 fully saturated rings. The zero-order chi connectivity index (χ0) is 8.74. The van der Waals surface area contributed by atoms with E-state index in [1.165, 1.54) is 19.3 Å². The molecular weight excluding hydrogens is 411 g/mol. The second-order valence-corrected chi connectivity index (χ2v) is 3.07. The Labute approximate surface area is 104 Å². The van der Waals surface area contributed by atoms with E-state index in [1.807, 2.05) is 0 Å². The Bertz CT molecular complexity index is 164. The Kier molecular flexibility index (Phi) is 33.1.